The van der Waals surface area contributed by atoms with Crippen LogP contribution in [0, 0.1) is 21.3 Å². The van der Waals surface area contributed by atoms with E-state index in [1.807, 2.05) is 12.1 Å². The van der Waals surface area contributed by atoms with Crippen LogP contribution in [0.2, 0.25) is 0 Å². The number of nitrogens with zero attached hydrogens (tertiary/aromatic N) is 1. The molecule has 252 valence electrons. The second-order valence-electron chi connectivity index (χ2n) is 15.5. The lowest BCUT2D eigenvalue weighted by atomic mass is 9.63. The number of methoxy groups -OCH3 is 1. The first-order valence-corrected chi connectivity index (χ1v) is 18.2. The monoisotopic (exact) mass is 765 g/mol. The van der Waals surface area contributed by atoms with E-state index in [9.17, 15) is 9.59 Å². The lowest BCUT2D eigenvalue weighted by molar-refractivity contribution is -0.119. The number of halogens is 1. The van der Waals surface area contributed by atoms with Gasteiger partial charge in [0.15, 0.2) is 23.1 Å². The van der Waals surface area contributed by atoms with Gasteiger partial charge in [-0.25, -0.2) is 0 Å². The molecule has 1 heterocycles. The number of ketones is 2. The molecule has 0 saturated heterocycles. The number of hydrogen-bond donors (Lipinski definition) is 0. The highest BCUT2D eigenvalue weighted by molar-refractivity contribution is 14.1. The van der Waals surface area contributed by atoms with Gasteiger partial charge >= 0.3 is 0 Å². The molecule has 0 N–H and O–H groups in total. The zero-order valence-electron chi connectivity index (χ0n) is 29.3. The molecule has 0 atom stereocenters. The van der Waals surface area contributed by atoms with Gasteiger partial charge in [0.05, 0.1) is 10.7 Å². The molecule has 3 aliphatic rings. The highest BCUT2D eigenvalue weighted by Gasteiger charge is 2.49. The predicted octanol–water partition coefficient (Wildman–Crippen LogP) is 10.2. The average molecular weight is 766 g/mol. The molecule has 0 fully saturated rings. The van der Waals surface area contributed by atoms with Crippen LogP contribution in [0.4, 0.5) is 0 Å². The van der Waals surface area contributed by atoms with E-state index in [2.05, 4.69) is 129 Å². The molecule has 0 bridgehead atoms. The van der Waals surface area contributed by atoms with Crippen molar-refractivity contribution in [1.82, 2.24) is 4.90 Å². The first kappa shape index (κ1) is 33.6. The van der Waals surface area contributed by atoms with E-state index in [0.29, 0.717) is 37.5 Å². The third kappa shape index (κ3) is 6.33. The standard InChI is InChI=1S/C43H44INO4/c1-26-16-17-28-14-10-11-15-30(28)31(26)25-49-41-32(44)18-29(19-37(41)48-6)38-39-33(20-42(2,3)22-35(39)46)45(24-27-12-8-7-9-13-27)34-21-43(4,5)23-36(47)40(34)38/h7-19,38H,20-25H2,1-6H3. The molecule has 4 aromatic carbocycles. The van der Waals surface area contributed by atoms with Crippen LogP contribution >= 0.6 is 22.6 Å². The van der Waals surface area contributed by atoms with Crippen LogP contribution in [-0.4, -0.2) is 23.6 Å². The van der Waals surface area contributed by atoms with Gasteiger partial charge in [-0.15, -0.1) is 0 Å². The maximum atomic E-state index is 14.4. The van der Waals surface area contributed by atoms with Gasteiger partial charge in [0.1, 0.15) is 6.61 Å². The minimum atomic E-state index is -0.457. The van der Waals surface area contributed by atoms with Crippen LogP contribution in [0.5, 0.6) is 11.5 Å². The summed E-state index contributed by atoms with van der Waals surface area (Å²) >= 11 is 2.32. The van der Waals surface area contributed by atoms with Gasteiger partial charge in [-0.3, -0.25) is 9.59 Å². The summed E-state index contributed by atoms with van der Waals surface area (Å²) in [6.45, 7) is 11.9. The number of fused-ring (bicyclic) bond motifs is 1. The Morgan fingerprint density at radius 2 is 1.41 bits per heavy atom. The van der Waals surface area contributed by atoms with Gasteiger partial charge < -0.3 is 14.4 Å². The highest BCUT2D eigenvalue weighted by atomic mass is 127. The molecule has 5 nitrogen and oxygen atoms in total. The van der Waals surface area contributed by atoms with Crippen molar-refractivity contribution in [1.29, 1.82) is 0 Å². The van der Waals surface area contributed by atoms with Gasteiger partial charge in [0.2, 0.25) is 0 Å². The number of benzene rings is 4. The Labute approximate surface area is 303 Å². The second-order valence-corrected chi connectivity index (χ2v) is 16.7. The van der Waals surface area contributed by atoms with Crippen molar-refractivity contribution in [2.45, 2.75) is 79.4 Å². The largest absolute Gasteiger partial charge is 0.493 e. The van der Waals surface area contributed by atoms with Gasteiger partial charge in [-0.05, 0) is 92.8 Å². The number of hydrogen-bond acceptors (Lipinski definition) is 5. The molecular weight excluding hydrogens is 721 g/mol. The third-order valence-electron chi connectivity index (χ3n) is 10.4. The van der Waals surface area contributed by atoms with Crippen LogP contribution in [0.25, 0.3) is 10.8 Å². The Balaban J connectivity index is 1.36. The average Bonchev–Trinajstić information content (AvgIpc) is 3.04. The van der Waals surface area contributed by atoms with Crippen LogP contribution in [0.15, 0.2) is 101 Å². The number of allylic oxidation sites excluding steroid dienone is 4. The number of ether oxygens (including phenoxy) is 2. The SMILES string of the molecule is COc1cc(C2C3=C(CC(C)(C)CC3=O)N(Cc3ccccc3)C3=C2C(=O)CC(C)(C)C3)cc(I)c1OCc1c(C)ccc2ccccc12. The van der Waals surface area contributed by atoms with Crippen LogP contribution in [0.3, 0.4) is 0 Å². The van der Waals surface area contributed by atoms with E-state index >= 15 is 0 Å². The normalized spacial score (nSPS) is 18.9. The predicted molar refractivity (Wildman–Crippen MR) is 204 cm³/mol. The van der Waals surface area contributed by atoms with Crippen molar-refractivity contribution in [2.75, 3.05) is 7.11 Å². The summed E-state index contributed by atoms with van der Waals surface area (Å²) in [5, 5.41) is 2.35. The molecule has 0 saturated carbocycles. The summed E-state index contributed by atoms with van der Waals surface area (Å²) in [4.78, 5) is 31.1. The lowest BCUT2D eigenvalue weighted by Crippen LogP contribution is -2.44. The highest BCUT2D eigenvalue weighted by Crippen LogP contribution is 2.55. The smallest absolute Gasteiger partial charge is 0.174 e. The number of Topliss-reactive ketones (excluding diaryl/α,β-unsaturated/α-hetero) is 2. The maximum Gasteiger partial charge on any atom is 0.174 e. The Morgan fingerprint density at radius 1 is 0.796 bits per heavy atom. The summed E-state index contributed by atoms with van der Waals surface area (Å²) in [6, 6.07) is 27.1. The van der Waals surface area contributed by atoms with Gasteiger partial charge in [0, 0.05) is 53.4 Å². The summed E-state index contributed by atoms with van der Waals surface area (Å²) in [5.74, 6) is 1.05. The van der Waals surface area contributed by atoms with Crippen LogP contribution in [-0.2, 0) is 22.7 Å². The van der Waals surface area contributed by atoms with Crippen molar-refractivity contribution >= 4 is 44.9 Å². The summed E-state index contributed by atoms with van der Waals surface area (Å²) in [7, 11) is 1.66. The summed E-state index contributed by atoms with van der Waals surface area (Å²) in [6.07, 6.45) is 2.43. The second kappa shape index (κ2) is 12.8. The number of aryl methyl sites for hydroxylation is 1. The minimum absolute atomic E-state index is 0.124. The van der Waals surface area contributed by atoms with E-state index in [1.165, 1.54) is 16.3 Å². The molecule has 0 aromatic heterocycles. The number of rotatable bonds is 7. The van der Waals surface area contributed by atoms with Crippen LogP contribution < -0.4 is 9.47 Å². The molecule has 1 aliphatic heterocycles. The molecule has 0 amide bonds. The van der Waals surface area contributed by atoms with Crippen molar-refractivity contribution in [3.8, 4) is 11.5 Å². The first-order chi connectivity index (χ1) is 23.4. The van der Waals surface area contributed by atoms with E-state index in [0.717, 1.165) is 55.6 Å². The molecule has 7 rings (SSSR count). The topological polar surface area (TPSA) is 55.8 Å². The Hall–Kier alpha value is -3.91. The van der Waals surface area contributed by atoms with Crippen molar-refractivity contribution < 1.29 is 19.1 Å². The van der Waals surface area contributed by atoms with Crippen molar-refractivity contribution in [2.24, 2.45) is 10.8 Å². The first-order valence-electron chi connectivity index (χ1n) is 17.2. The molecule has 4 aromatic rings. The Bertz CT molecular complexity index is 2000. The number of carbonyl (C=O) groups is 2. The summed E-state index contributed by atoms with van der Waals surface area (Å²) < 4.78 is 13.5. The van der Waals surface area contributed by atoms with Gasteiger partial charge in [-0.1, -0.05) is 94.4 Å². The summed E-state index contributed by atoms with van der Waals surface area (Å²) in [5.41, 5.74) is 7.63. The molecule has 0 radical (unpaired) electrons. The molecule has 6 heteroatoms. The van der Waals surface area contributed by atoms with Gasteiger partial charge in [0.25, 0.3) is 0 Å². The van der Waals surface area contributed by atoms with Crippen molar-refractivity contribution in [3.63, 3.8) is 0 Å². The molecule has 0 unspecified atom stereocenters. The molecule has 2 aliphatic carbocycles. The fraction of sp³-hybridized carbons (Fsp3) is 0.349. The van der Waals surface area contributed by atoms with E-state index in [1.54, 1.807) is 7.11 Å². The van der Waals surface area contributed by atoms with Crippen molar-refractivity contribution in [3.05, 3.63) is 127 Å². The maximum absolute atomic E-state index is 14.4. The third-order valence-corrected chi connectivity index (χ3v) is 11.2. The lowest BCUT2D eigenvalue weighted by Gasteiger charge is -2.49. The quantitative estimate of drug-likeness (QED) is 0.175. The molecular formula is C43H44INO4. The fourth-order valence-corrected chi connectivity index (χ4v) is 8.95. The fourth-order valence-electron chi connectivity index (χ4n) is 8.17. The zero-order valence-corrected chi connectivity index (χ0v) is 31.4. The Kier molecular flexibility index (Phi) is 8.75. The molecule has 0 spiro atoms. The Morgan fingerprint density at radius 3 is 2.04 bits per heavy atom. The zero-order chi connectivity index (χ0) is 34.7. The van der Waals surface area contributed by atoms with Gasteiger partial charge in [-0.2, -0.15) is 0 Å². The van der Waals surface area contributed by atoms with Crippen LogP contribution in [0.1, 0.15) is 81.5 Å². The molecule has 49 heavy (non-hydrogen) atoms. The minimum Gasteiger partial charge on any atom is -0.493 e. The van der Waals surface area contributed by atoms with E-state index in [4.69, 9.17) is 9.47 Å². The van der Waals surface area contributed by atoms with E-state index in [-0.39, 0.29) is 22.4 Å². The van der Waals surface area contributed by atoms with E-state index < -0.39 is 5.92 Å². The number of carbonyl (C=O) groups excluding carboxylic acids is 2.